The van der Waals surface area contributed by atoms with Gasteiger partial charge in [-0.15, -0.1) is 0 Å². The van der Waals surface area contributed by atoms with Crippen molar-refractivity contribution in [1.82, 2.24) is 0 Å². The standard InChI is InChI=1S/C23H21BrN4O3/c1-31-19-5-3-2-4-18(19)21(24)20(22(29)27-16-10-6-14(25)7-11-16)23(30)28-17-12-8-15(26)9-13-17/h2-13H,25-26H2,1H3,(H,27,29)(H,28,30). The Morgan fingerprint density at radius 3 is 1.68 bits per heavy atom. The summed E-state index contributed by atoms with van der Waals surface area (Å²) < 4.78 is 5.67. The highest BCUT2D eigenvalue weighted by Gasteiger charge is 2.25. The summed E-state index contributed by atoms with van der Waals surface area (Å²) in [5, 5.41) is 5.46. The molecule has 0 aliphatic carbocycles. The molecule has 0 atom stereocenters. The molecule has 0 saturated heterocycles. The Labute approximate surface area is 188 Å². The minimum atomic E-state index is -0.601. The zero-order chi connectivity index (χ0) is 22.4. The molecule has 158 valence electrons. The molecule has 0 bridgehead atoms. The topological polar surface area (TPSA) is 119 Å². The van der Waals surface area contributed by atoms with Gasteiger partial charge in [0.2, 0.25) is 0 Å². The summed E-state index contributed by atoms with van der Waals surface area (Å²) in [5.74, 6) is -0.696. The van der Waals surface area contributed by atoms with Crippen molar-refractivity contribution < 1.29 is 14.3 Å². The number of nitrogen functional groups attached to an aromatic ring is 2. The molecule has 3 aromatic rings. The normalized spacial score (nSPS) is 10.1. The van der Waals surface area contributed by atoms with Gasteiger partial charge in [-0.3, -0.25) is 9.59 Å². The van der Waals surface area contributed by atoms with Gasteiger partial charge in [0.1, 0.15) is 11.3 Å². The van der Waals surface area contributed by atoms with Crippen LogP contribution in [-0.2, 0) is 9.59 Å². The van der Waals surface area contributed by atoms with Crippen LogP contribution in [0.5, 0.6) is 5.75 Å². The van der Waals surface area contributed by atoms with Gasteiger partial charge in [-0.2, -0.15) is 0 Å². The molecule has 0 radical (unpaired) electrons. The summed E-state index contributed by atoms with van der Waals surface area (Å²) >= 11 is 3.43. The Bertz CT molecular complexity index is 1060. The second-order valence-corrected chi connectivity index (χ2v) is 7.33. The largest absolute Gasteiger partial charge is 0.496 e. The summed E-state index contributed by atoms with van der Waals surface area (Å²) in [4.78, 5) is 26.3. The molecule has 0 aliphatic heterocycles. The number of halogens is 1. The Kier molecular flexibility index (Phi) is 6.94. The predicted molar refractivity (Wildman–Crippen MR) is 128 cm³/mol. The number of hydrogen-bond acceptors (Lipinski definition) is 5. The maximum atomic E-state index is 13.1. The first kappa shape index (κ1) is 21.9. The monoisotopic (exact) mass is 480 g/mol. The lowest BCUT2D eigenvalue weighted by Gasteiger charge is -2.14. The third kappa shape index (κ3) is 5.43. The van der Waals surface area contributed by atoms with Crippen molar-refractivity contribution in [2.24, 2.45) is 0 Å². The van der Waals surface area contributed by atoms with E-state index >= 15 is 0 Å². The fourth-order valence-corrected chi connectivity index (χ4v) is 3.47. The van der Waals surface area contributed by atoms with Crippen LogP contribution in [0.15, 0.2) is 78.4 Å². The molecular weight excluding hydrogens is 460 g/mol. The van der Waals surface area contributed by atoms with E-state index in [0.29, 0.717) is 34.1 Å². The van der Waals surface area contributed by atoms with Gasteiger partial charge in [0, 0.05) is 32.8 Å². The minimum absolute atomic E-state index is 0.127. The van der Waals surface area contributed by atoms with Crippen molar-refractivity contribution in [2.75, 3.05) is 29.2 Å². The number of benzene rings is 3. The lowest BCUT2D eigenvalue weighted by atomic mass is 10.1. The number of carbonyl (C=O) groups is 2. The van der Waals surface area contributed by atoms with Gasteiger partial charge in [0.15, 0.2) is 0 Å². The second kappa shape index (κ2) is 9.82. The Morgan fingerprint density at radius 2 is 1.23 bits per heavy atom. The van der Waals surface area contributed by atoms with Crippen LogP contribution in [0.3, 0.4) is 0 Å². The van der Waals surface area contributed by atoms with E-state index in [9.17, 15) is 9.59 Å². The zero-order valence-electron chi connectivity index (χ0n) is 16.7. The molecule has 0 aromatic heterocycles. The number of amides is 2. The molecule has 0 aliphatic rings. The maximum absolute atomic E-state index is 13.1. The maximum Gasteiger partial charge on any atom is 0.262 e. The first-order valence-electron chi connectivity index (χ1n) is 9.26. The highest BCUT2D eigenvalue weighted by Crippen LogP contribution is 2.33. The summed E-state index contributed by atoms with van der Waals surface area (Å²) in [6, 6.07) is 20.3. The quantitative estimate of drug-likeness (QED) is 0.182. The van der Waals surface area contributed by atoms with Crippen molar-refractivity contribution in [3.8, 4) is 5.75 Å². The SMILES string of the molecule is COc1ccccc1C(Br)=C(C(=O)Nc1ccc(N)cc1)C(=O)Nc1ccc(N)cc1. The highest BCUT2D eigenvalue weighted by molar-refractivity contribution is 9.15. The molecule has 3 aromatic carbocycles. The minimum Gasteiger partial charge on any atom is -0.496 e. The van der Waals surface area contributed by atoms with Crippen molar-refractivity contribution in [3.05, 3.63) is 83.9 Å². The van der Waals surface area contributed by atoms with Crippen LogP contribution in [0, 0.1) is 0 Å². The van der Waals surface area contributed by atoms with Gasteiger partial charge in [-0.1, -0.05) is 18.2 Å². The van der Waals surface area contributed by atoms with Gasteiger partial charge in [-0.25, -0.2) is 0 Å². The van der Waals surface area contributed by atoms with E-state index in [2.05, 4.69) is 26.6 Å². The third-order valence-electron chi connectivity index (χ3n) is 4.35. The lowest BCUT2D eigenvalue weighted by molar-refractivity contribution is -0.118. The van der Waals surface area contributed by atoms with E-state index in [-0.39, 0.29) is 10.1 Å². The van der Waals surface area contributed by atoms with E-state index in [1.54, 1.807) is 72.8 Å². The fraction of sp³-hybridized carbons (Fsp3) is 0.0435. The number of hydrogen-bond donors (Lipinski definition) is 4. The number of methoxy groups -OCH3 is 1. The average molecular weight is 481 g/mol. The molecule has 3 rings (SSSR count). The number of carbonyl (C=O) groups excluding carboxylic acids is 2. The van der Waals surface area contributed by atoms with Crippen molar-refractivity contribution in [1.29, 1.82) is 0 Å². The van der Waals surface area contributed by atoms with Crippen LogP contribution in [-0.4, -0.2) is 18.9 Å². The van der Waals surface area contributed by atoms with Crippen LogP contribution in [0.2, 0.25) is 0 Å². The summed E-state index contributed by atoms with van der Waals surface area (Å²) in [6.45, 7) is 0. The number of para-hydroxylation sites is 1. The molecule has 31 heavy (non-hydrogen) atoms. The van der Waals surface area contributed by atoms with E-state index in [1.807, 2.05) is 0 Å². The molecule has 0 heterocycles. The number of nitrogens with two attached hydrogens (primary N) is 2. The van der Waals surface area contributed by atoms with E-state index in [4.69, 9.17) is 16.2 Å². The van der Waals surface area contributed by atoms with Gasteiger partial charge in [0.25, 0.3) is 11.8 Å². The molecule has 0 fully saturated rings. The van der Waals surface area contributed by atoms with Gasteiger partial charge in [-0.05, 0) is 70.5 Å². The number of rotatable bonds is 6. The molecule has 8 heteroatoms. The molecule has 6 N–H and O–H groups in total. The Balaban J connectivity index is 2.01. The van der Waals surface area contributed by atoms with E-state index in [0.717, 1.165) is 0 Å². The first-order valence-corrected chi connectivity index (χ1v) is 10.1. The number of nitrogens with one attached hydrogen (secondary N) is 2. The summed E-state index contributed by atoms with van der Waals surface area (Å²) in [7, 11) is 1.52. The number of ether oxygens (including phenoxy) is 1. The van der Waals surface area contributed by atoms with Crippen molar-refractivity contribution >= 4 is 55.0 Å². The third-order valence-corrected chi connectivity index (χ3v) is 5.18. The molecular formula is C23H21BrN4O3. The van der Waals surface area contributed by atoms with E-state index < -0.39 is 11.8 Å². The van der Waals surface area contributed by atoms with Gasteiger partial charge in [0.05, 0.1) is 7.11 Å². The van der Waals surface area contributed by atoms with Crippen molar-refractivity contribution in [2.45, 2.75) is 0 Å². The molecule has 2 amide bonds. The fourth-order valence-electron chi connectivity index (χ4n) is 2.78. The van der Waals surface area contributed by atoms with Crippen LogP contribution >= 0.6 is 15.9 Å². The zero-order valence-corrected chi connectivity index (χ0v) is 18.3. The lowest BCUT2D eigenvalue weighted by Crippen LogP contribution is -2.26. The highest BCUT2D eigenvalue weighted by atomic mass is 79.9. The van der Waals surface area contributed by atoms with E-state index in [1.165, 1.54) is 7.11 Å². The molecule has 7 nitrogen and oxygen atoms in total. The van der Waals surface area contributed by atoms with Gasteiger partial charge >= 0.3 is 0 Å². The second-order valence-electron chi connectivity index (χ2n) is 6.54. The predicted octanol–water partition coefficient (Wildman–Crippen LogP) is 4.24. The van der Waals surface area contributed by atoms with Crippen LogP contribution in [0.1, 0.15) is 5.56 Å². The van der Waals surface area contributed by atoms with Crippen molar-refractivity contribution in [3.63, 3.8) is 0 Å². The van der Waals surface area contributed by atoms with Gasteiger partial charge < -0.3 is 26.8 Å². The molecule has 0 spiro atoms. The summed E-state index contributed by atoms with van der Waals surface area (Å²) in [6.07, 6.45) is 0. The number of anilines is 4. The first-order chi connectivity index (χ1) is 14.9. The molecule has 0 saturated carbocycles. The average Bonchev–Trinajstić information content (AvgIpc) is 2.77. The van der Waals surface area contributed by atoms with Crippen LogP contribution in [0.25, 0.3) is 4.48 Å². The van der Waals surface area contributed by atoms with Crippen LogP contribution < -0.4 is 26.8 Å². The van der Waals surface area contributed by atoms with Crippen LogP contribution in [0.4, 0.5) is 22.7 Å². The Morgan fingerprint density at radius 1 is 0.774 bits per heavy atom. The summed E-state index contributed by atoms with van der Waals surface area (Å²) in [5.41, 5.74) is 13.9. The smallest absolute Gasteiger partial charge is 0.262 e. The Hall–Kier alpha value is -3.78. The molecule has 0 unspecified atom stereocenters.